The number of hydrogen-bond donors (Lipinski definition) is 3. The van der Waals surface area contributed by atoms with Crippen molar-refractivity contribution in [3.05, 3.63) is 77.2 Å². The molecule has 0 unspecified atom stereocenters. The number of rotatable bonds is 9. The number of hydrogen-bond acceptors (Lipinski definition) is 4. The van der Waals surface area contributed by atoms with E-state index in [1.807, 2.05) is 66.7 Å². The molecule has 162 valence electrons. The molecule has 0 saturated heterocycles. The minimum atomic E-state index is -0.644. The first-order valence-electron chi connectivity index (χ1n) is 10.6. The molecule has 3 N–H and O–H groups in total. The van der Waals surface area contributed by atoms with Crippen LogP contribution in [-0.4, -0.2) is 39.5 Å². The molecule has 0 bridgehead atoms. The third kappa shape index (κ3) is 4.98. The number of aryl methyl sites for hydroxylation is 1. The van der Waals surface area contributed by atoms with Crippen molar-refractivity contribution in [2.45, 2.75) is 38.5 Å². The predicted molar refractivity (Wildman–Crippen MR) is 125 cm³/mol. The van der Waals surface area contributed by atoms with Gasteiger partial charge in [-0.1, -0.05) is 48.5 Å². The molecule has 0 aliphatic heterocycles. The first kappa shape index (κ1) is 21.2. The molecule has 31 heavy (non-hydrogen) atoms. The summed E-state index contributed by atoms with van der Waals surface area (Å²) in [6.45, 7) is 5.35. The lowest BCUT2D eigenvalue weighted by Gasteiger charge is -2.28. The van der Waals surface area contributed by atoms with E-state index in [4.69, 9.17) is 4.74 Å². The maximum atomic E-state index is 12.3. The maximum Gasteiger partial charge on any atom is 0.326 e. The number of β-amino-alcohol motifs (C(OH)–C–C–N with tert-alkyl or cyclic N) is 1. The maximum absolute atomic E-state index is 12.3. The lowest BCUT2D eigenvalue weighted by Crippen LogP contribution is -2.45. The number of para-hydroxylation sites is 2. The molecule has 0 spiro atoms. The number of aromatic nitrogens is 2. The zero-order valence-electron chi connectivity index (χ0n) is 18.0. The quantitative estimate of drug-likeness (QED) is 0.387. The van der Waals surface area contributed by atoms with Gasteiger partial charge in [-0.05, 0) is 43.9 Å². The summed E-state index contributed by atoms with van der Waals surface area (Å²) in [6.07, 6.45) is 0.0973. The molecule has 1 aromatic heterocycles. The monoisotopic (exact) mass is 419 g/mol. The molecule has 6 nitrogen and oxygen atoms in total. The van der Waals surface area contributed by atoms with Crippen molar-refractivity contribution < 1.29 is 9.84 Å². The van der Waals surface area contributed by atoms with Gasteiger partial charge in [0, 0.05) is 24.0 Å². The fraction of sp³-hybridized carbons (Fsp3) is 0.320. The van der Waals surface area contributed by atoms with E-state index in [9.17, 15) is 9.90 Å². The van der Waals surface area contributed by atoms with Crippen molar-refractivity contribution >= 4 is 21.8 Å². The lowest BCUT2D eigenvalue weighted by molar-refractivity contribution is 0.0985. The summed E-state index contributed by atoms with van der Waals surface area (Å²) >= 11 is 0. The Morgan fingerprint density at radius 2 is 1.81 bits per heavy atom. The van der Waals surface area contributed by atoms with Gasteiger partial charge in [0.2, 0.25) is 0 Å². The van der Waals surface area contributed by atoms with Crippen LogP contribution in [0, 0.1) is 0 Å². The second-order valence-electron chi connectivity index (χ2n) is 8.56. The molecule has 0 saturated carbocycles. The Hall–Kier alpha value is -3.09. The Bertz CT molecular complexity index is 1220. The lowest BCUT2D eigenvalue weighted by atomic mass is 10.0. The molecular weight excluding hydrogens is 390 g/mol. The molecule has 0 radical (unpaired) electrons. The van der Waals surface area contributed by atoms with Gasteiger partial charge in [0.1, 0.15) is 18.5 Å². The first-order chi connectivity index (χ1) is 14.9. The van der Waals surface area contributed by atoms with Crippen LogP contribution in [0.25, 0.3) is 21.8 Å². The number of aromatic amines is 1. The van der Waals surface area contributed by atoms with E-state index in [0.717, 1.165) is 34.0 Å². The number of nitrogens with zero attached hydrogens (tertiary/aromatic N) is 1. The highest BCUT2D eigenvalue weighted by Crippen LogP contribution is 2.25. The average molecular weight is 420 g/mol. The summed E-state index contributed by atoms with van der Waals surface area (Å²) in [4.78, 5) is 15.2. The Morgan fingerprint density at radius 1 is 1.06 bits per heavy atom. The van der Waals surface area contributed by atoms with Crippen LogP contribution in [-0.2, 0) is 6.54 Å². The number of aliphatic hydroxyl groups excluding tert-OH is 1. The van der Waals surface area contributed by atoms with Gasteiger partial charge in [-0.3, -0.25) is 4.57 Å². The Labute approximate surface area is 181 Å². The van der Waals surface area contributed by atoms with E-state index >= 15 is 0 Å². The number of H-pyrrole nitrogens is 1. The van der Waals surface area contributed by atoms with Crippen LogP contribution in [0.4, 0.5) is 0 Å². The van der Waals surface area contributed by atoms with Crippen LogP contribution in [0.2, 0.25) is 0 Å². The predicted octanol–water partition coefficient (Wildman–Crippen LogP) is 3.68. The summed E-state index contributed by atoms with van der Waals surface area (Å²) in [5.74, 6) is 0.773. The summed E-state index contributed by atoms with van der Waals surface area (Å²) < 4.78 is 7.65. The summed E-state index contributed by atoms with van der Waals surface area (Å²) in [5, 5.41) is 16.0. The molecule has 0 aliphatic rings. The second-order valence-corrected chi connectivity index (χ2v) is 8.56. The van der Waals surface area contributed by atoms with E-state index in [2.05, 4.69) is 24.1 Å². The molecule has 3 aromatic carbocycles. The van der Waals surface area contributed by atoms with Crippen LogP contribution in [0.1, 0.15) is 20.3 Å². The van der Waals surface area contributed by atoms with Crippen molar-refractivity contribution in [3.63, 3.8) is 0 Å². The molecule has 1 atom stereocenters. The Morgan fingerprint density at radius 3 is 2.68 bits per heavy atom. The van der Waals surface area contributed by atoms with Gasteiger partial charge >= 0.3 is 5.69 Å². The van der Waals surface area contributed by atoms with Gasteiger partial charge in [-0.15, -0.1) is 0 Å². The molecule has 4 aromatic rings. The SMILES string of the molecule is CC(C)(CCn1c(=O)[nH]c2ccccc21)NC[C@@H](O)COc1cccc2ccccc12. The summed E-state index contributed by atoms with van der Waals surface area (Å²) in [5.41, 5.74) is 1.41. The van der Waals surface area contributed by atoms with Crippen molar-refractivity contribution in [3.8, 4) is 5.75 Å². The van der Waals surface area contributed by atoms with Gasteiger partial charge in [0.15, 0.2) is 0 Å². The first-order valence-corrected chi connectivity index (χ1v) is 10.6. The van der Waals surface area contributed by atoms with Crippen molar-refractivity contribution in [1.82, 2.24) is 14.9 Å². The molecule has 0 amide bonds. The highest BCUT2D eigenvalue weighted by molar-refractivity contribution is 5.88. The van der Waals surface area contributed by atoms with Crippen LogP contribution in [0.5, 0.6) is 5.75 Å². The number of benzene rings is 3. The number of aliphatic hydroxyl groups is 1. The van der Waals surface area contributed by atoms with E-state index < -0.39 is 6.10 Å². The van der Waals surface area contributed by atoms with E-state index in [1.54, 1.807) is 4.57 Å². The van der Waals surface area contributed by atoms with Crippen molar-refractivity contribution in [2.75, 3.05) is 13.2 Å². The molecule has 0 aliphatic carbocycles. The minimum absolute atomic E-state index is 0.0967. The van der Waals surface area contributed by atoms with Gasteiger partial charge in [-0.2, -0.15) is 0 Å². The molecule has 6 heteroatoms. The number of nitrogens with one attached hydrogen (secondary N) is 2. The highest BCUT2D eigenvalue weighted by Gasteiger charge is 2.20. The van der Waals surface area contributed by atoms with E-state index in [1.165, 1.54) is 0 Å². The molecular formula is C25H29N3O3. The van der Waals surface area contributed by atoms with Crippen LogP contribution in [0.3, 0.4) is 0 Å². The Balaban J connectivity index is 1.30. The van der Waals surface area contributed by atoms with Gasteiger partial charge in [0.05, 0.1) is 11.0 Å². The highest BCUT2D eigenvalue weighted by atomic mass is 16.5. The number of fused-ring (bicyclic) bond motifs is 2. The normalized spacial score (nSPS) is 13.0. The van der Waals surface area contributed by atoms with Gasteiger partial charge in [-0.25, -0.2) is 4.79 Å². The zero-order valence-corrected chi connectivity index (χ0v) is 18.0. The molecule has 4 rings (SSSR count). The zero-order chi connectivity index (χ0) is 21.8. The van der Waals surface area contributed by atoms with Crippen LogP contribution in [0.15, 0.2) is 71.5 Å². The van der Waals surface area contributed by atoms with Crippen molar-refractivity contribution in [2.24, 2.45) is 0 Å². The fourth-order valence-electron chi connectivity index (χ4n) is 3.77. The average Bonchev–Trinajstić information content (AvgIpc) is 3.10. The smallest absolute Gasteiger partial charge is 0.326 e. The summed E-state index contributed by atoms with van der Waals surface area (Å²) in [7, 11) is 0. The fourth-order valence-corrected chi connectivity index (χ4v) is 3.77. The van der Waals surface area contributed by atoms with Gasteiger partial charge < -0.3 is 20.1 Å². The third-order valence-corrected chi connectivity index (χ3v) is 5.64. The Kier molecular flexibility index (Phi) is 6.11. The van der Waals surface area contributed by atoms with Crippen LogP contribution < -0.4 is 15.7 Å². The number of imidazole rings is 1. The number of ether oxygens (including phenoxy) is 1. The van der Waals surface area contributed by atoms with Crippen LogP contribution >= 0.6 is 0 Å². The largest absolute Gasteiger partial charge is 0.490 e. The van der Waals surface area contributed by atoms with Gasteiger partial charge in [0.25, 0.3) is 0 Å². The van der Waals surface area contributed by atoms with Crippen molar-refractivity contribution in [1.29, 1.82) is 0 Å². The third-order valence-electron chi connectivity index (χ3n) is 5.64. The topological polar surface area (TPSA) is 79.3 Å². The molecule has 0 fully saturated rings. The van der Waals surface area contributed by atoms with E-state index in [0.29, 0.717) is 13.1 Å². The standard InChI is InChI=1S/C25H29N3O3/c1-25(2,14-15-28-22-12-6-5-11-21(22)27-24(28)30)26-16-19(29)17-31-23-13-7-9-18-8-3-4-10-20(18)23/h3-13,19,26,29H,14-17H2,1-2H3,(H,27,30)/t19-/m1/s1. The minimum Gasteiger partial charge on any atom is -0.490 e. The summed E-state index contributed by atoms with van der Waals surface area (Å²) in [6, 6.07) is 21.7. The molecule has 1 heterocycles. The second kappa shape index (κ2) is 8.96. The van der Waals surface area contributed by atoms with E-state index in [-0.39, 0.29) is 17.8 Å².